The predicted molar refractivity (Wildman–Crippen MR) is 124 cm³/mol. The van der Waals surface area contributed by atoms with E-state index in [4.69, 9.17) is 9.47 Å². The SMILES string of the molecule is COc1cc(/C=C2/C(=O)N(C3CCCC3)C(=O)C(C#N)=C2C)ccc1OCc1ccccc1F. The normalized spacial score (nSPS) is 17.9. The van der Waals surface area contributed by atoms with Gasteiger partial charge >= 0.3 is 0 Å². The Morgan fingerprint density at radius 1 is 1.12 bits per heavy atom. The molecule has 0 atom stereocenters. The lowest BCUT2D eigenvalue weighted by molar-refractivity contribution is -0.143. The number of benzene rings is 2. The molecule has 4 rings (SSSR count). The fraction of sp³-hybridized carbons (Fsp3) is 0.296. The van der Waals surface area contributed by atoms with Crippen molar-refractivity contribution < 1.29 is 23.5 Å². The van der Waals surface area contributed by atoms with Gasteiger partial charge in [-0.15, -0.1) is 0 Å². The molecule has 34 heavy (non-hydrogen) atoms. The highest BCUT2D eigenvalue weighted by atomic mass is 19.1. The van der Waals surface area contributed by atoms with Crippen LogP contribution in [0.4, 0.5) is 4.39 Å². The molecular formula is C27H25FN2O4. The van der Waals surface area contributed by atoms with Crippen molar-refractivity contribution in [3.05, 3.63) is 76.1 Å². The van der Waals surface area contributed by atoms with Crippen LogP contribution in [0.15, 0.2) is 59.2 Å². The number of rotatable bonds is 6. The summed E-state index contributed by atoms with van der Waals surface area (Å²) >= 11 is 0. The van der Waals surface area contributed by atoms with E-state index in [1.54, 1.807) is 49.4 Å². The molecule has 0 N–H and O–H groups in total. The minimum Gasteiger partial charge on any atom is -0.493 e. The Morgan fingerprint density at radius 2 is 1.85 bits per heavy atom. The van der Waals surface area contributed by atoms with Crippen molar-refractivity contribution in [1.29, 1.82) is 5.26 Å². The van der Waals surface area contributed by atoms with Gasteiger partial charge in [-0.25, -0.2) is 4.39 Å². The number of nitrogens with zero attached hydrogens (tertiary/aromatic N) is 2. The molecule has 0 radical (unpaired) electrons. The molecule has 1 heterocycles. The highest BCUT2D eigenvalue weighted by Crippen LogP contribution is 2.35. The highest BCUT2D eigenvalue weighted by molar-refractivity contribution is 6.19. The van der Waals surface area contributed by atoms with E-state index >= 15 is 0 Å². The number of halogens is 1. The lowest BCUT2D eigenvalue weighted by Crippen LogP contribution is -2.47. The van der Waals surface area contributed by atoms with E-state index in [1.807, 2.05) is 6.07 Å². The summed E-state index contributed by atoms with van der Waals surface area (Å²) in [6.45, 7) is 1.66. The van der Waals surface area contributed by atoms with Gasteiger partial charge in [0, 0.05) is 17.2 Å². The van der Waals surface area contributed by atoms with Gasteiger partial charge in [0.1, 0.15) is 24.1 Å². The van der Waals surface area contributed by atoms with Gasteiger partial charge in [0.2, 0.25) is 0 Å². The Kier molecular flexibility index (Phi) is 6.78. The van der Waals surface area contributed by atoms with Crippen LogP contribution in [0.3, 0.4) is 0 Å². The Labute approximate surface area is 197 Å². The zero-order valence-corrected chi connectivity index (χ0v) is 19.1. The van der Waals surface area contributed by atoms with Gasteiger partial charge in [-0.3, -0.25) is 14.5 Å². The Bertz CT molecular complexity index is 1240. The molecule has 1 aliphatic heterocycles. The monoisotopic (exact) mass is 460 g/mol. The van der Waals surface area contributed by atoms with Crippen molar-refractivity contribution in [2.75, 3.05) is 7.11 Å². The second kappa shape index (κ2) is 9.92. The van der Waals surface area contributed by atoms with Crippen LogP contribution in [0, 0.1) is 17.1 Å². The van der Waals surface area contributed by atoms with Crippen LogP contribution in [0.25, 0.3) is 6.08 Å². The van der Waals surface area contributed by atoms with Crippen molar-refractivity contribution in [2.45, 2.75) is 45.3 Å². The minimum absolute atomic E-state index is 0.00504. The number of imide groups is 1. The Hall–Kier alpha value is -3.92. The van der Waals surface area contributed by atoms with E-state index in [0.29, 0.717) is 33.8 Å². The number of carbonyl (C=O) groups is 2. The summed E-state index contributed by atoms with van der Waals surface area (Å²) in [7, 11) is 1.49. The Morgan fingerprint density at radius 3 is 2.53 bits per heavy atom. The molecule has 2 aliphatic rings. The lowest BCUT2D eigenvalue weighted by atomic mass is 9.92. The average molecular weight is 461 g/mol. The molecule has 0 bridgehead atoms. The first-order valence-electron chi connectivity index (χ1n) is 11.2. The van der Waals surface area contributed by atoms with Crippen LogP contribution in [0.2, 0.25) is 0 Å². The number of carbonyl (C=O) groups excluding carboxylic acids is 2. The number of hydrogen-bond donors (Lipinski definition) is 0. The molecule has 1 fully saturated rings. The maximum Gasteiger partial charge on any atom is 0.271 e. The lowest BCUT2D eigenvalue weighted by Gasteiger charge is -2.32. The number of ether oxygens (including phenoxy) is 2. The largest absolute Gasteiger partial charge is 0.493 e. The summed E-state index contributed by atoms with van der Waals surface area (Å²) in [5, 5.41) is 9.60. The van der Waals surface area contributed by atoms with Crippen molar-refractivity contribution in [3.63, 3.8) is 0 Å². The van der Waals surface area contributed by atoms with Crippen molar-refractivity contribution in [3.8, 4) is 17.6 Å². The number of nitriles is 1. The maximum atomic E-state index is 13.9. The predicted octanol–water partition coefficient (Wildman–Crippen LogP) is 4.95. The third kappa shape index (κ3) is 4.44. The van der Waals surface area contributed by atoms with E-state index < -0.39 is 5.91 Å². The summed E-state index contributed by atoms with van der Waals surface area (Å²) in [5.41, 5.74) is 1.74. The highest BCUT2D eigenvalue weighted by Gasteiger charge is 2.40. The number of amides is 2. The van der Waals surface area contributed by atoms with Gasteiger partial charge in [-0.05, 0) is 55.2 Å². The average Bonchev–Trinajstić information content (AvgIpc) is 3.36. The molecule has 0 unspecified atom stereocenters. The van der Waals surface area contributed by atoms with Crippen LogP contribution in [-0.2, 0) is 16.2 Å². The van der Waals surface area contributed by atoms with Gasteiger partial charge in [0.05, 0.1) is 7.11 Å². The first kappa shape index (κ1) is 23.2. The molecule has 174 valence electrons. The zero-order chi connectivity index (χ0) is 24.2. The van der Waals surface area contributed by atoms with Gasteiger partial charge in [0.25, 0.3) is 11.8 Å². The van der Waals surface area contributed by atoms with E-state index in [-0.39, 0.29) is 29.9 Å². The summed E-state index contributed by atoms with van der Waals surface area (Å²) in [5.74, 6) is -0.401. The summed E-state index contributed by atoms with van der Waals surface area (Å²) in [6, 6.07) is 13.3. The second-order valence-electron chi connectivity index (χ2n) is 8.38. The summed E-state index contributed by atoms with van der Waals surface area (Å²) in [6.07, 6.45) is 5.08. The first-order chi connectivity index (χ1) is 16.4. The molecule has 0 spiro atoms. The fourth-order valence-electron chi connectivity index (χ4n) is 4.42. The van der Waals surface area contributed by atoms with Gasteiger partial charge < -0.3 is 9.47 Å². The van der Waals surface area contributed by atoms with Crippen molar-refractivity contribution in [2.24, 2.45) is 0 Å². The summed E-state index contributed by atoms with van der Waals surface area (Å²) < 4.78 is 25.1. The third-order valence-electron chi connectivity index (χ3n) is 6.30. The Balaban J connectivity index is 1.64. The van der Waals surface area contributed by atoms with Crippen LogP contribution < -0.4 is 9.47 Å². The molecule has 1 aliphatic carbocycles. The molecular weight excluding hydrogens is 435 g/mol. The molecule has 1 saturated carbocycles. The third-order valence-corrected chi connectivity index (χ3v) is 6.30. The molecule has 0 aromatic heterocycles. The van der Waals surface area contributed by atoms with Gasteiger partial charge in [0.15, 0.2) is 11.5 Å². The maximum absolute atomic E-state index is 13.9. The fourth-order valence-corrected chi connectivity index (χ4v) is 4.42. The van der Waals surface area contributed by atoms with Gasteiger partial charge in [-0.1, -0.05) is 37.1 Å². The molecule has 0 saturated heterocycles. The van der Waals surface area contributed by atoms with Crippen LogP contribution >= 0.6 is 0 Å². The van der Waals surface area contributed by atoms with E-state index in [1.165, 1.54) is 18.1 Å². The van der Waals surface area contributed by atoms with Crippen molar-refractivity contribution >= 4 is 17.9 Å². The van der Waals surface area contributed by atoms with E-state index in [2.05, 4.69) is 0 Å². The van der Waals surface area contributed by atoms with Crippen LogP contribution in [0.1, 0.15) is 43.7 Å². The molecule has 2 amide bonds. The first-order valence-corrected chi connectivity index (χ1v) is 11.2. The van der Waals surface area contributed by atoms with E-state index in [9.17, 15) is 19.2 Å². The second-order valence-corrected chi connectivity index (χ2v) is 8.38. The number of methoxy groups -OCH3 is 1. The van der Waals surface area contributed by atoms with Crippen molar-refractivity contribution in [1.82, 2.24) is 4.90 Å². The van der Waals surface area contributed by atoms with Crippen LogP contribution in [0.5, 0.6) is 11.5 Å². The molecule has 2 aromatic carbocycles. The quantitative estimate of drug-likeness (QED) is 0.450. The minimum atomic E-state index is -0.511. The van der Waals surface area contributed by atoms with Gasteiger partial charge in [-0.2, -0.15) is 5.26 Å². The number of hydrogen-bond acceptors (Lipinski definition) is 5. The molecule has 6 nitrogen and oxygen atoms in total. The topological polar surface area (TPSA) is 79.6 Å². The van der Waals surface area contributed by atoms with E-state index in [0.717, 1.165) is 25.7 Å². The zero-order valence-electron chi connectivity index (χ0n) is 19.1. The smallest absolute Gasteiger partial charge is 0.271 e. The van der Waals surface area contributed by atoms with Crippen LogP contribution in [-0.4, -0.2) is 29.9 Å². The molecule has 2 aromatic rings. The molecule has 7 heteroatoms. The standard InChI is InChI=1S/C27H25FN2O4/c1-17-21(26(31)30(20-8-4-5-9-20)27(32)22(17)15-29)13-18-11-12-24(25(14-18)33-2)34-16-19-7-3-6-10-23(19)28/h3,6-7,10-14,20H,4-5,8-9,16H2,1-2H3/b21-13+. The summed E-state index contributed by atoms with van der Waals surface area (Å²) in [4.78, 5) is 27.4.